The Labute approximate surface area is 338 Å². The molecule has 2 unspecified atom stereocenters. The number of nitrogens with zero attached hydrogens (tertiary/aromatic N) is 4. The third-order valence-corrected chi connectivity index (χ3v) is 8.80. The Morgan fingerprint density at radius 2 is 0.914 bits per heavy atom. The van der Waals surface area contributed by atoms with Crippen LogP contribution in [0.3, 0.4) is 0 Å². The van der Waals surface area contributed by atoms with E-state index in [1.165, 1.54) is 16.5 Å². The van der Waals surface area contributed by atoms with Gasteiger partial charge in [-0.1, -0.05) is 55.1 Å². The smallest absolute Gasteiger partial charge is 0.151 e. The number of benzene rings is 4. The zero-order valence-electron chi connectivity index (χ0n) is 33.0. The Morgan fingerprint density at radius 3 is 1.33 bits per heavy atom. The highest BCUT2D eigenvalue weighted by Crippen LogP contribution is 2.21. The second-order valence-electron chi connectivity index (χ2n) is 13.3. The van der Waals surface area contributed by atoms with Gasteiger partial charge in [0.2, 0.25) is 0 Å². The van der Waals surface area contributed by atoms with Crippen molar-refractivity contribution in [3.8, 4) is 0 Å². The fraction of sp³-hybridized carbons (Fsp3) is 0.146. The standard InChI is InChI=1S/C12H13NO2.C12H11N.C11H12N2O2.C11H9NO.C2H4/c1-8-2-3-9-5-10(12(15)7-14)6-13-11(9)4-8;1-3-10-7-11-5-4-9(2)6-12(11)13-8-10;12-9-2-1-7-3-8(11(15)6-14)5-13-10(7)4-9;1-8-2-3-10-5-9(7-13)6-12-11(10)4-8;1-2/h2-6,12,14-15H,7H2,1H3;3-8H,1H2,2H3;1-5,11,14-15H,6,12H2;2-7H,1H3;1-2H2. The van der Waals surface area contributed by atoms with E-state index < -0.39 is 12.2 Å². The fourth-order valence-corrected chi connectivity index (χ4v) is 5.65. The molecule has 0 aliphatic heterocycles. The first-order valence-electron chi connectivity index (χ1n) is 18.4. The average Bonchev–Trinajstić information content (AvgIpc) is 3.26. The second-order valence-corrected chi connectivity index (χ2v) is 13.3. The largest absolute Gasteiger partial charge is 0.399 e. The number of aliphatic hydroxyl groups is 4. The number of hydrogen-bond acceptors (Lipinski definition) is 10. The molecule has 2 atom stereocenters. The van der Waals surface area contributed by atoms with Crippen molar-refractivity contribution >= 4 is 61.7 Å². The Balaban J connectivity index is 0.000000169. The van der Waals surface area contributed by atoms with Gasteiger partial charge in [-0.25, -0.2) is 0 Å². The maximum atomic E-state index is 10.5. The van der Waals surface area contributed by atoms with Gasteiger partial charge in [0.25, 0.3) is 0 Å². The predicted molar refractivity (Wildman–Crippen MR) is 236 cm³/mol. The minimum atomic E-state index is -0.876. The minimum Gasteiger partial charge on any atom is -0.399 e. The van der Waals surface area contributed by atoms with Gasteiger partial charge in [0.05, 0.1) is 35.3 Å². The Hall–Kier alpha value is -6.69. The first-order chi connectivity index (χ1) is 28.0. The lowest BCUT2D eigenvalue weighted by Crippen LogP contribution is -2.02. The minimum absolute atomic E-state index is 0.279. The summed E-state index contributed by atoms with van der Waals surface area (Å²) in [6.07, 6.45) is 7.48. The third kappa shape index (κ3) is 12.2. The van der Waals surface area contributed by atoms with E-state index in [0.29, 0.717) is 22.4 Å². The zero-order valence-corrected chi connectivity index (χ0v) is 33.0. The Bertz CT molecular complexity index is 2450. The third-order valence-electron chi connectivity index (χ3n) is 8.80. The summed E-state index contributed by atoms with van der Waals surface area (Å²) in [4.78, 5) is 27.4. The van der Waals surface area contributed by atoms with E-state index in [1.54, 1.807) is 36.8 Å². The van der Waals surface area contributed by atoms with Gasteiger partial charge in [0.15, 0.2) is 6.29 Å². The number of rotatable bonds is 6. The predicted octanol–water partition coefficient (Wildman–Crippen LogP) is 8.76. The van der Waals surface area contributed by atoms with E-state index in [1.807, 2.05) is 80.7 Å². The first kappa shape index (κ1) is 44.0. The quantitative estimate of drug-likeness (QED) is 0.0624. The van der Waals surface area contributed by atoms with Crippen LogP contribution in [0.5, 0.6) is 0 Å². The van der Waals surface area contributed by atoms with Gasteiger partial charge < -0.3 is 26.2 Å². The summed E-state index contributed by atoms with van der Waals surface area (Å²) in [5.41, 5.74) is 16.5. The van der Waals surface area contributed by atoms with Crippen molar-refractivity contribution in [2.75, 3.05) is 18.9 Å². The van der Waals surface area contributed by atoms with Crippen molar-refractivity contribution in [3.05, 3.63) is 181 Å². The number of aryl methyl sites for hydroxylation is 3. The summed E-state index contributed by atoms with van der Waals surface area (Å²) < 4.78 is 0. The molecule has 0 aliphatic rings. The lowest BCUT2D eigenvalue weighted by Gasteiger charge is -2.08. The van der Waals surface area contributed by atoms with Crippen molar-refractivity contribution < 1.29 is 25.2 Å². The van der Waals surface area contributed by atoms with Crippen molar-refractivity contribution in [2.24, 2.45) is 0 Å². The molecule has 0 spiro atoms. The molecule has 10 heteroatoms. The van der Waals surface area contributed by atoms with Gasteiger partial charge in [-0.3, -0.25) is 24.7 Å². The van der Waals surface area contributed by atoms with E-state index in [2.05, 4.69) is 70.9 Å². The molecular formula is C48H49N5O5. The summed E-state index contributed by atoms with van der Waals surface area (Å²) in [7, 11) is 0. The van der Waals surface area contributed by atoms with E-state index in [9.17, 15) is 15.0 Å². The number of aldehydes is 1. The number of aliphatic hydroxyl groups excluding tert-OH is 4. The van der Waals surface area contributed by atoms with Gasteiger partial charge in [-0.15, -0.1) is 13.2 Å². The molecule has 8 rings (SSSR count). The SMILES string of the molecule is C=C.C=Cc1cnc2cc(C)ccc2c1.Cc1ccc2cc(C(O)CO)cnc2c1.Cc1ccc2cc(C=O)cnc2c1.Nc1ccc2cc(C(O)CO)cnc2c1. The number of carbonyl (C=O) groups excluding carboxylic acids is 1. The molecule has 10 nitrogen and oxygen atoms in total. The van der Waals surface area contributed by atoms with Crippen LogP contribution in [0, 0.1) is 20.8 Å². The number of aromatic nitrogens is 4. The van der Waals surface area contributed by atoms with Crippen LogP contribution < -0.4 is 5.73 Å². The molecule has 6 N–H and O–H groups in total. The van der Waals surface area contributed by atoms with E-state index >= 15 is 0 Å². The number of anilines is 1. The molecule has 0 amide bonds. The van der Waals surface area contributed by atoms with E-state index in [0.717, 1.165) is 55.6 Å². The Kier molecular flexibility index (Phi) is 16.4. The van der Waals surface area contributed by atoms with Gasteiger partial charge in [-0.2, -0.15) is 0 Å². The summed E-state index contributed by atoms with van der Waals surface area (Å²) in [5, 5.41) is 40.6. The van der Waals surface area contributed by atoms with Crippen LogP contribution >= 0.6 is 0 Å². The molecule has 0 aliphatic carbocycles. The summed E-state index contributed by atoms with van der Waals surface area (Å²) in [6.45, 7) is 15.2. The van der Waals surface area contributed by atoms with Crippen LogP contribution in [-0.4, -0.2) is 59.9 Å². The summed E-state index contributed by atoms with van der Waals surface area (Å²) >= 11 is 0. The van der Waals surface area contributed by atoms with Gasteiger partial charge >= 0.3 is 0 Å². The molecule has 4 heterocycles. The molecule has 296 valence electrons. The van der Waals surface area contributed by atoms with Crippen molar-refractivity contribution in [1.82, 2.24) is 19.9 Å². The van der Waals surface area contributed by atoms with Crippen LogP contribution in [0.2, 0.25) is 0 Å². The van der Waals surface area contributed by atoms with Crippen LogP contribution in [0.4, 0.5) is 5.69 Å². The van der Waals surface area contributed by atoms with Crippen molar-refractivity contribution in [2.45, 2.75) is 33.0 Å². The average molecular weight is 776 g/mol. The lowest BCUT2D eigenvalue weighted by atomic mass is 10.1. The molecule has 58 heavy (non-hydrogen) atoms. The number of fused-ring (bicyclic) bond motifs is 4. The molecule has 0 radical (unpaired) electrons. The number of nitrogen functional groups attached to an aromatic ring is 1. The Morgan fingerprint density at radius 1 is 0.552 bits per heavy atom. The highest BCUT2D eigenvalue weighted by Gasteiger charge is 2.08. The second kappa shape index (κ2) is 21.6. The van der Waals surface area contributed by atoms with Crippen LogP contribution in [0.1, 0.15) is 55.9 Å². The monoisotopic (exact) mass is 775 g/mol. The summed E-state index contributed by atoms with van der Waals surface area (Å²) in [5.74, 6) is 0. The molecule has 8 aromatic rings. The van der Waals surface area contributed by atoms with Gasteiger partial charge in [-0.05, 0) is 97.6 Å². The number of pyridine rings is 4. The molecule has 0 saturated heterocycles. The lowest BCUT2D eigenvalue weighted by molar-refractivity contribution is 0.0954. The number of nitrogens with two attached hydrogens (primary N) is 1. The van der Waals surface area contributed by atoms with Crippen LogP contribution in [0.15, 0.2) is 142 Å². The molecule has 0 bridgehead atoms. The molecule has 0 saturated carbocycles. The number of hydrogen-bond donors (Lipinski definition) is 5. The van der Waals surface area contributed by atoms with E-state index in [-0.39, 0.29) is 13.2 Å². The van der Waals surface area contributed by atoms with Crippen molar-refractivity contribution in [3.63, 3.8) is 0 Å². The fourth-order valence-electron chi connectivity index (χ4n) is 5.65. The molecule has 4 aromatic heterocycles. The maximum Gasteiger partial charge on any atom is 0.151 e. The maximum absolute atomic E-state index is 10.5. The highest BCUT2D eigenvalue weighted by molar-refractivity contribution is 5.86. The number of carbonyl (C=O) groups is 1. The van der Waals surface area contributed by atoms with Gasteiger partial charge in [0, 0.05) is 68.7 Å². The van der Waals surface area contributed by atoms with Gasteiger partial charge in [0.1, 0.15) is 12.2 Å². The van der Waals surface area contributed by atoms with Crippen LogP contribution in [-0.2, 0) is 0 Å². The van der Waals surface area contributed by atoms with E-state index in [4.69, 9.17) is 15.9 Å². The molecule has 4 aromatic carbocycles. The highest BCUT2D eigenvalue weighted by atomic mass is 16.3. The molecular weight excluding hydrogens is 727 g/mol. The van der Waals surface area contributed by atoms with Crippen molar-refractivity contribution in [1.29, 1.82) is 0 Å². The topological polar surface area (TPSA) is 176 Å². The summed E-state index contributed by atoms with van der Waals surface area (Å²) in [6, 6.07) is 31.2. The zero-order chi connectivity index (χ0) is 42.2. The molecule has 0 fully saturated rings. The van der Waals surface area contributed by atoms with Crippen LogP contribution in [0.25, 0.3) is 49.7 Å². The first-order valence-corrected chi connectivity index (χ1v) is 18.4. The normalized spacial score (nSPS) is 11.4.